The van der Waals surface area contributed by atoms with Crippen molar-refractivity contribution in [2.24, 2.45) is 11.7 Å². The molecule has 0 unspecified atom stereocenters. The van der Waals surface area contributed by atoms with Crippen LogP contribution in [0.4, 0.5) is 5.82 Å². The quantitative estimate of drug-likeness (QED) is 0.773. The summed E-state index contributed by atoms with van der Waals surface area (Å²) in [6.07, 6.45) is 1.89. The molecule has 2 aromatic rings. The van der Waals surface area contributed by atoms with Crippen molar-refractivity contribution in [3.05, 3.63) is 30.1 Å². The third-order valence-electron chi connectivity index (χ3n) is 3.75. The van der Waals surface area contributed by atoms with E-state index in [1.165, 1.54) is 6.33 Å². The number of amides is 2. The number of carbonyl (C=O) groups excluding carboxylic acids is 2. The molecule has 0 radical (unpaired) electrons. The number of fused-ring (bicyclic) bond motifs is 1. The Morgan fingerprint density at radius 3 is 2.90 bits per heavy atom. The molecule has 4 N–H and O–H groups in total. The predicted octanol–water partition coefficient (Wildman–Crippen LogP) is 0.0458. The lowest BCUT2D eigenvalue weighted by Gasteiger charge is -2.16. The maximum atomic E-state index is 12.0. The van der Waals surface area contributed by atoms with Crippen LogP contribution in [-0.2, 0) is 16.1 Å². The molecule has 1 atom stereocenters. The molecule has 1 aliphatic rings. The topological polar surface area (TPSA) is 115 Å². The number of nitrogens with zero attached hydrogens (tertiary/aromatic N) is 3. The van der Waals surface area contributed by atoms with Crippen LogP contribution in [0, 0.1) is 5.92 Å². The van der Waals surface area contributed by atoms with E-state index < -0.39 is 11.8 Å². The van der Waals surface area contributed by atoms with Crippen LogP contribution in [0.25, 0.3) is 10.9 Å². The molecule has 1 saturated heterocycles. The van der Waals surface area contributed by atoms with Crippen molar-refractivity contribution in [2.75, 3.05) is 12.3 Å². The van der Waals surface area contributed by atoms with Gasteiger partial charge in [0.05, 0.1) is 5.52 Å². The Hall–Kier alpha value is -2.70. The smallest absolute Gasteiger partial charge is 0.235 e. The van der Waals surface area contributed by atoms with E-state index in [1.807, 2.05) is 18.2 Å². The summed E-state index contributed by atoms with van der Waals surface area (Å²) < 4.78 is 0. The van der Waals surface area contributed by atoms with E-state index in [4.69, 9.17) is 11.5 Å². The molecule has 0 aliphatic carbocycles. The van der Waals surface area contributed by atoms with Crippen LogP contribution in [0.5, 0.6) is 0 Å². The van der Waals surface area contributed by atoms with E-state index in [1.54, 1.807) is 4.90 Å². The number of rotatable bonds is 3. The molecule has 0 bridgehead atoms. The van der Waals surface area contributed by atoms with Gasteiger partial charge in [-0.05, 0) is 24.1 Å². The zero-order chi connectivity index (χ0) is 15.0. The molecule has 1 aromatic carbocycles. The minimum Gasteiger partial charge on any atom is -0.383 e. The van der Waals surface area contributed by atoms with Crippen molar-refractivity contribution >= 4 is 28.5 Å². The second kappa shape index (κ2) is 5.01. The monoisotopic (exact) mass is 285 g/mol. The fourth-order valence-corrected chi connectivity index (χ4v) is 2.60. The van der Waals surface area contributed by atoms with Crippen LogP contribution in [-0.4, -0.2) is 33.2 Å². The Kier molecular flexibility index (Phi) is 3.17. The van der Waals surface area contributed by atoms with Gasteiger partial charge in [0.25, 0.3) is 0 Å². The van der Waals surface area contributed by atoms with Gasteiger partial charge >= 0.3 is 0 Å². The number of carbonyl (C=O) groups is 2. The van der Waals surface area contributed by atoms with Gasteiger partial charge in [-0.2, -0.15) is 0 Å². The standard InChI is InChI=1S/C14H15N5O2/c15-12-9-2-1-8(5-11(9)17-7-18-12)6-19-4-3-10(13(16)20)14(19)21/h1-2,5,7,10H,3-4,6H2,(H2,16,20)(H2,15,17,18)/t10-/m1/s1. The fraction of sp³-hybridized carbons (Fsp3) is 0.286. The zero-order valence-corrected chi connectivity index (χ0v) is 11.3. The van der Waals surface area contributed by atoms with Crippen molar-refractivity contribution in [3.63, 3.8) is 0 Å². The molecule has 21 heavy (non-hydrogen) atoms. The van der Waals surface area contributed by atoms with Crippen LogP contribution in [0.15, 0.2) is 24.5 Å². The van der Waals surface area contributed by atoms with E-state index >= 15 is 0 Å². The number of likely N-dealkylation sites (tertiary alicyclic amines) is 1. The highest BCUT2D eigenvalue weighted by atomic mass is 16.2. The van der Waals surface area contributed by atoms with Gasteiger partial charge in [0.1, 0.15) is 18.1 Å². The van der Waals surface area contributed by atoms with E-state index in [0.29, 0.717) is 25.3 Å². The van der Waals surface area contributed by atoms with Gasteiger partial charge in [-0.25, -0.2) is 9.97 Å². The molecular weight excluding hydrogens is 270 g/mol. The fourth-order valence-electron chi connectivity index (χ4n) is 2.60. The van der Waals surface area contributed by atoms with E-state index in [9.17, 15) is 9.59 Å². The Morgan fingerprint density at radius 2 is 2.19 bits per heavy atom. The van der Waals surface area contributed by atoms with E-state index in [0.717, 1.165) is 16.5 Å². The Balaban J connectivity index is 1.83. The Labute approximate surface area is 120 Å². The first-order valence-corrected chi connectivity index (χ1v) is 6.63. The van der Waals surface area contributed by atoms with Gasteiger partial charge in [-0.15, -0.1) is 0 Å². The summed E-state index contributed by atoms with van der Waals surface area (Å²) in [5, 5.41) is 0.781. The summed E-state index contributed by atoms with van der Waals surface area (Å²) >= 11 is 0. The first-order chi connectivity index (χ1) is 10.1. The number of primary amides is 1. The van der Waals surface area contributed by atoms with Crippen LogP contribution in [0.1, 0.15) is 12.0 Å². The highest BCUT2D eigenvalue weighted by Crippen LogP contribution is 2.22. The molecule has 7 nitrogen and oxygen atoms in total. The predicted molar refractivity (Wildman–Crippen MR) is 76.7 cm³/mol. The lowest BCUT2D eigenvalue weighted by atomic mass is 10.1. The second-order valence-electron chi connectivity index (χ2n) is 5.11. The van der Waals surface area contributed by atoms with Gasteiger partial charge in [-0.1, -0.05) is 6.07 Å². The van der Waals surface area contributed by atoms with E-state index in [-0.39, 0.29) is 5.91 Å². The van der Waals surface area contributed by atoms with Crippen LogP contribution >= 0.6 is 0 Å². The minimum atomic E-state index is -0.691. The average molecular weight is 285 g/mol. The lowest BCUT2D eigenvalue weighted by molar-refractivity contribution is -0.136. The summed E-state index contributed by atoms with van der Waals surface area (Å²) in [4.78, 5) is 33.0. The molecule has 108 valence electrons. The number of benzene rings is 1. The number of nitrogen functional groups attached to an aromatic ring is 1. The van der Waals surface area contributed by atoms with Crippen molar-refractivity contribution in [1.82, 2.24) is 14.9 Å². The molecule has 1 fully saturated rings. The van der Waals surface area contributed by atoms with Gasteiger partial charge in [0.2, 0.25) is 11.8 Å². The maximum absolute atomic E-state index is 12.0. The number of hydrogen-bond acceptors (Lipinski definition) is 5. The largest absolute Gasteiger partial charge is 0.383 e. The van der Waals surface area contributed by atoms with Crippen LogP contribution in [0.3, 0.4) is 0 Å². The normalized spacial score (nSPS) is 18.4. The van der Waals surface area contributed by atoms with Gasteiger partial charge in [0, 0.05) is 18.5 Å². The third-order valence-corrected chi connectivity index (χ3v) is 3.75. The van der Waals surface area contributed by atoms with Crippen LogP contribution < -0.4 is 11.5 Å². The van der Waals surface area contributed by atoms with Gasteiger partial charge in [0.15, 0.2) is 0 Å². The van der Waals surface area contributed by atoms with Crippen LogP contribution in [0.2, 0.25) is 0 Å². The average Bonchev–Trinajstić information content (AvgIpc) is 2.80. The molecule has 0 spiro atoms. The molecule has 2 amide bonds. The summed E-state index contributed by atoms with van der Waals surface area (Å²) in [7, 11) is 0. The number of aromatic nitrogens is 2. The van der Waals surface area contributed by atoms with Gasteiger partial charge in [-0.3, -0.25) is 9.59 Å². The lowest BCUT2D eigenvalue weighted by Crippen LogP contribution is -2.33. The van der Waals surface area contributed by atoms with Crippen molar-refractivity contribution in [3.8, 4) is 0 Å². The summed E-state index contributed by atoms with van der Waals surface area (Å²) in [5.74, 6) is -1.02. The van der Waals surface area contributed by atoms with Crippen molar-refractivity contribution < 1.29 is 9.59 Å². The molecular formula is C14H15N5O2. The number of nitrogens with two attached hydrogens (primary N) is 2. The Morgan fingerprint density at radius 1 is 1.38 bits per heavy atom. The highest BCUT2D eigenvalue weighted by molar-refractivity contribution is 6.00. The first-order valence-electron chi connectivity index (χ1n) is 6.63. The Bertz CT molecular complexity index is 730. The summed E-state index contributed by atoms with van der Waals surface area (Å²) in [6, 6.07) is 5.59. The minimum absolute atomic E-state index is 0.204. The molecule has 1 aromatic heterocycles. The molecule has 0 saturated carbocycles. The third kappa shape index (κ3) is 2.37. The second-order valence-corrected chi connectivity index (χ2v) is 5.11. The van der Waals surface area contributed by atoms with E-state index in [2.05, 4.69) is 9.97 Å². The van der Waals surface area contributed by atoms with Crippen molar-refractivity contribution in [2.45, 2.75) is 13.0 Å². The molecule has 2 heterocycles. The first kappa shape index (κ1) is 13.3. The number of hydrogen-bond donors (Lipinski definition) is 2. The zero-order valence-electron chi connectivity index (χ0n) is 11.3. The number of anilines is 1. The van der Waals surface area contributed by atoms with Crippen molar-refractivity contribution in [1.29, 1.82) is 0 Å². The molecule has 7 heteroatoms. The SMILES string of the molecule is NC(=O)[C@H]1CCN(Cc2ccc3c(N)ncnc3c2)C1=O. The maximum Gasteiger partial charge on any atom is 0.235 e. The summed E-state index contributed by atoms with van der Waals surface area (Å²) in [6.45, 7) is 0.971. The van der Waals surface area contributed by atoms with Gasteiger partial charge < -0.3 is 16.4 Å². The molecule has 3 rings (SSSR count). The highest BCUT2D eigenvalue weighted by Gasteiger charge is 2.35. The summed E-state index contributed by atoms with van der Waals surface area (Å²) in [5.41, 5.74) is 12.7. The molecule has 1 aliphatic heterocycles.